The van der Waals surface area contributed by atoms with Crippen molar-refractivity contribution < 1.29 is 23.9 Å². The Morgan fingerprint density at radius 3 is 2.12 bits per heavy atom. The van der Waals surface area contributed by atoms with Crippen molar-refractivity contribution in [1.82, 2.24) is 54.5 Å². The fourth-order valence-corrected chi connectivity index (χ4v) is 11.7. The van der Waals surface area contributed by atoms with Crippen LogP contribution in [0, 0.1) is 0 Å². The highest BCUT2D eigenvalue weighted by Crippen LogP contribution is 2.37. The lowest BCUT2D eigenvalue weighted by Gasteiger charge is -2.43. The molecule has 6 aliphatic rings. The second kappa shape index (κ2) is 19.5. The number of hydrogen-bond donors (Lipinski definition) is 2. The van der Waals surface area contributed by atoms with Gasteiger partial charge in [0, 0.05) is 95.6 Å². The zero-order chi connectivity index (χ0) is 47.0. The van der Waals surface area contributed by atoms with Crippen LogP contribution in [0.1, 0.15) is 84.8 Å². The molecule has 0 radical (unpaired) electrons. The number of nitrogens with two attached hydrogens (primary N) is 1. The van der Waals surface area contributed by atoms with Gasteiger partial charge in [0.15, 0.2) is 5.65 Å². The molecule has 3 aromatic carbocycles. The summed E-state index contributed by atoms with van der Waals surface area (Å²) in [6.45, 7) is 11.4. The summed E-state index contributed by atoms with van der Waals surface area (Å²) in [6.07, 6.45) is 8.20. The van der Waals surface area contributed by atoms with Gasteiger partial charge in [-0.1, -0.05) is 30.3 Å². The Labute approximate surface area is 402 Å². The number of rotatable bonds is 10. The van der Waals surface area contributed by atoms with Crippen molar-refractivity contribution in [1.29, 1.82) is 0 Å². The molecule has 5 amide bonds. The van der Waals surface area contributed by atoms with E-state index in [2.05, 4.69) is 56.6 Å². The molecule has 17 nitrogen and oxygen atoms in total. The zero-order valence-electron chi connectivity index (χ0n) is 39.3. The van der Waals surface area contributed by atoms with E-state index in [1.165, 1.54) is 11.9 Å². The molecule has 1 unspecified atom stereocenters. The summed E-state index contributed by atoms with van der Waals surface area (Å²) in [4.78, 5) is 73.6. The molecule has 6 aliphatic heterocycles. The van der Waals surface area contributed by atoms with Gasteiger partial charge in [-0.2, -0.15) is 5.10 Å². The fraction of sp³-hybridized carbons (Fsp3) is 0.481. The number of nitrogens with one attached hydrogen (secondary N) is 1. The number of imide groups is 1. The molecule has 0 saturated carbocycles. The van der Waals surface area contributed by atoms with Crippen LogP contribution in [0.5, 0.6) is 11.5 Å². The molecule has 5 aromatic rings. The summed E-state index contributed by atoms with van der Waals surface area (Å²) in [5, 5.41) is 8.31. The molecule has 69 heavy (non-hydrogen) atoms. The summed E-state index contributed by atoms with van der Waals surface area (Å²) >= 11 is 0. The van der Waals surface area contributed by atoms with E-state index in [9.17, 15) is 19.2 Å². The summed E-state index contributed by atoms with van der Waals surface area (Å²) in [5.41, 5.74) is 11.9. The van der Waals surface area contributed by atoms with Crippen molar-refractivity contribution in [3.63, 3.8) is 0 Å². The van der Waals surface area contributed by atoms with Crippen LogP contribution in [0.25, 0.3) is 22.3 Å². The molecule has 1 atom stereocenters. The smallest absolute Gasteiger partial charge is 0.320 e. The summed E-state index contributed by atoms with van der Waals surface area (Å²) in [5.74, 6) is 1.63. The first-order chi connectivity index (χ1) is 33.7. The van der Waals surface area contributed by atoms with Crippen LogP contribution < -0.4 is 15.8 Å². The van der Waals surface area contributed by atoms with Crippen LogP contribution in [0.3, 0.4) is 0 Å². The summed E-state index contributed by atoms with van der Waals surface area (Å²) in [7, 11) is 0. The molecule has 8 heterocycles. The maximum absolute atomic E-state index is 13.7. The Morgan fingerprint density at radius 2 is 1.39 bits per heavy atom. The van der Waals surface area contributed by atoms with E-state index < -0.39 is 6.04 Å². The molecule has 360 valence electrons. The number of nitrogens with zero attached hydrogens (tertiary/aromatic N) is 10. The number of benzene rings is 3. The molecule has 0 spiro atoms. The Balaban J connectivity index is 0.602. The minimum Gasteiger partial charge on any atom is -0.457 e. The highest BCUT2D eigenvalue weighted by atomic mass is 16.5. The number of urea groups is 1. The third-order valence-corrected chi connectivity index (χ3v) is 15.7. The number of anilines is 1. The van der Waals surface area contributed by atoms with Crippen molar-refractivity contribution in [2.24, 2.45) is 0 Å². The molecule has 2 aromatic heterocycles. The minimum atomic E-state index is -0.591. The van der Waals surface area contributed by atoms with Gasteiger partial charge < -0.3 is 35.0 Å². The standard InChI is InChI=1S/C52H62N12O5/c53-48-46-47(36-6-9-42(10-7-36)69-41-4-2-1-3-5-41)57-64(49(46)55-34-54-48)40-18-22-60(23-19-40)39-16-24-61(25-17-39)52(68)62-30-28-59(29-31-62)27-26-58-20-14-35(15-21-58)37-8-11-43-38(32-37)33-63(51(43)67)44-12-13-45(65)56-50(44)66/h1-11,32,34-35,39-40,44H,12-31,33H2,(H2,53,54,55)(H,56,65,66). The second-order valence-corrected chi connectivity index (χ2v) is 19.7. The highest BCUT2D eigenvalue weighted by Gasteiger charge is 2.40. The van der Waals surface area contributed by atoms with Gasteiger partial charge in [0.1, 0.15) is 35.4 Å². The zero-order valence-corrected chi connectivity index (χ0v) is 39.3. The van der Waals surface area contributed by atoms with E-state index in [0.29, 0.717) is 36.3 Å². The highest BCUT2D eigenvalue weighted by molar-refractivity contribution is 6.05. The first-order valence-corrected chi connectivity index (χ1v) is 25.0. The van der Waals surface area contributed by atoms with Gasteiger partial charge in [0.2, 0.25) is 11.8 Å². The maximum Gasteiger partial charge on any atom is 0.320 e. The van der Waals surface area contributed by atoms with Gasteiger partial charge >= 0.3 is 6.03 Å². The third kappa shape index (κ3) is 9.39. The number of para-hydroxylation sites is 1. The monoisotopic (exact) mass is 934 g/mol. The average molecular weight is 935 g/mol. The number of carbonyl (C=O) groups is 4. The SMILES string of the molecule is Nc1ncnc2c1c(-c1ccc(Oc3ccccc3)cc1)nn2C1CCN(C2CCN(C(=O)N3CCN(CCN4CCC(c5ccc6c(c5)CN(C5CCC(=O)NC5=O)C6=O)CC4)CC3)CC2)CC1. The number of nitrogen functional groups attached to an aromatic ring is 1. The molecule has 0 bridgehead atoms. The van der Waals surface area contributed by atoms with E-state index >= 15 is 0 Å². The number of hydrogen-bond acceptors (Lipinski definition) is 12. The van der Waals surface area contributed by atoms with Crippen LogP contribution in [-0.2, 0) is 16.1 Å². The Bertz CT molecular complexity index is 2680. The van der Waals surface area contributed by atoms with E-state index in [1.54, 1.807) is 4.90 Å². The van der Waals surface area contributed by atoms with E-state index in [0.717, 1.165) is 156 Å². The number of piperazine rings is 1. The van der Waals surface area contributed by atoms with Crippen molar-refractivity contribution >= 4 is 40.6 Å². The number of likely N-dealkylation sites (tertiary alicyclic amines) is 3. The predicted molar refractivity (Wildman–Crippen MR) is 260 cm³/mol. The number of aromatic nitrogens is 4. The van der Waals surface area contributed by atoms with E-state index in [-0.39, 0.29) is 36.2 Å². The Kier molecular flexibility index (Phi) is 12.7. The maximum atomic E-state index is 13.7. The van der Waals surface area contributed by atoms with Crippen LogP contribution in [0.2, 0.25) is 0 Å². The van der Waals surface area contributed by atoms with Crippen LogP contribution in [-0.4, -0.2) is 164 Å². The topological polar surface area (TPSA) is 179 Å². The summed E-state index contributed by atoms with van der Waals surface area (Å²) in [6, 6.07) is 24.1. The number of piperidine rings is 4. The molecule has 11 rings (SSSR count). The van der Waals surface area contributed by atoms with Crippen molar-refractivity contribution in [2.75, 3.05) is 84.3 Å². The first kappa shape index (κ1) is 45.0. The van der Waals surface area contributed by atoms with Crippen LogP contribution in [0.4, 0.5) is 10.6 Å². The number of carbonyl (C=O) groups excluding carboxylic acids is 4. The van der Waals surface area contributed by atoms with Crippen LogP contribution >= 0.6 is 0 Å². The Hall–Kier alpha value is -6.43. The molecule has 5 fully saturated rings. The average Bonchev–Trinajstić information content (AvgIpc) is 3.94. The van der Waals surface area contributed by atoms with Crippen molar-refractivity contribution in [3.05, 3.63) is 95.8 Å². The molecule has 3 N–H and O–H groups in total. The normalized spacial score (nSPS) is 21.8. The van der Waals surface area contributed by atoms with Crippen LogP contribution in [0.15, 0.2) is 79.1 Å². The minimum absolute atomic E-state index is 0.121. The quantitative estimate of drug-likeness (QED) is 0.172. The molecular formula is C52H62N12O5. The summed E-state index contributed by atoms with van der Waals surface area (Å²) < 4.78 is 8.10. The first-order valence-electron chi connectivity index (χ1n) is 25.0. The van der Waals surface area contributed by atoms with Gasteiger partial charge in [-0.15, -0.1) is 0 Å². The van der Waals surface area contributed by atoms with Crippen molar-refractivity contribution in [3.8, 4) is 22.8 Å². The van der Waals surface area contributed by atoms with Gasteiger partial charge in [-0.25, -0.2) is 19.4 Å². The molecular weight excluding hydrogens is 873 g/mol. The van der Waals surface area contributed by atoms with Crippen molar-refractivity contribution in [2.45, 2.75) is 82.0 Å². The lowest BCUT2D eigenvalue weighted by Crippen LogP contribution is -2.56. The van der Waals surface area contributed by atoms with Gasteiger partial charge in [0.25, 0.3) is 5.91 Å². The number of ether oxygens (including phenoxy) is 1. The fourth-order valence-electron chi connectivity index (χ4n) is 11.7. The second-order valence-electron chi connectivity index (χ2n) is 19.7. The molecule has 0 aliphatic carbocycles. The molecule has 5 saturated heterocycles. The molecule has 17 heteroatoms. The number of amides is 5. The lowest BCUT2D eigenvalue weighted by molar-refractivity contribution is -0.136. The predicted octanol–water partition coefficient (Wildman–Crippen LogP) is 5.35. The lowest BCUT2D eigenvalue weighted by atomic mass is 9.88. The van der Waals surface area contributed by atoms with E-state index in [1.807, 2.05) is 60.7 Å². The van der Waals surface area contributed by atoms with Gasteiger partial charge in [0.05, 0.1) is 11.4 Å². The largest absolute Gasteiger partial charge is 0.457 e. The Morgan fingerprint density at radius 1 is 0.710 bits per heavy atom. The number of fused-ring (bicyclic) bond motifs is 2. The van der Waals surface area contributed by atoms with Gasteiger partial charge in [-0.3, -0.25) is 24.6 Å². The van der Waals surface area contributed by atoms with E-state index in [4.69, 9.17) is 15.6 Å². The third-order valence-electron chi connectivity index (χ3n) is 15.7. The van der Waals surface area contributed by atoms with Gasteiger partial charge in [-0.05, 0) is 118 Å².